The van der Waals surface area contributed by atoms with Gasteiger partial charge in [0.1, 0.15) is 0 Å². The van der Waals surface area contributed by atoms with E-state index in [1.165, 1.54) is 24.1 Å². The molecular weight excluding hydrogens is 186 g/mol. The van der Waals surface area contributed by atoms with Crippen LogP contribution in [0.2, 0.25) is 0 Å². The number of likely N-dealkylation sites (N-methyl/N-ethyl adjacent to an activating group) is 1. The Kier molecular flexibility index (Phi) is 2.96. The topological polar surface area (TPSA) is 23.5 Å². The van der Waals surface area contributed by atoms with Crippen molar-refractivity contribution in [2.75, 3.05) is 18.5 Å². The molecule has 1 saturated carbocycles. The van der Waals surface area contributed by atoms with E-state index < -0.39 is 0 Å². The van der Waals surface area contributed by atoms with Crippen LogP contribution in [-0.2, 0) is 0 Å². The Bertz CT molecular complexity index is 333. The van der Waals surface area contributed by atoms with Gasteiger partial charge in [0, 0.05) is 19.3 Å². The molecule has 2 rings (SSSR count). The van der Waals surface area contributed by atoms with Crippen LogP contribution in [0.15, 0.2) is 24.3 Å². The number of anilines is 1. The maximum absolute atomic E-state index is 9.85. The lowest BCUT2D eigenvalue weighted by molar-refractivity contribution is 0.158. The van der Waals surface area contributed by atoms with Crippen LogP contribution >= 0.6 is 0 Å². The summed E-state index contributed by atoms with van der Waals surface area (Å²) in [6.45, 7) is 2.84. The molecule has 0 bridgehead atoms. The maximum atomic E-state index is 9.85. The highest BCUT2D eigenvalue weighted by molar-refractivity contribution is 5.47. The molecule has 1 N–H and O–H groups in total. The van der Waals surface area contributed by atoms with Crippen molar-refractivity contribution in [2.24, 2.45) is 5.92 Å². The molecule has 82 valence electrons. The zero-order valence-electron chi connectivity index (χ0n) is 9.48. The molecular formula is C13H19NO. The summed E-state index contributed by atoms with van der Waals surface area (Å²) in [6, 6.07) is 8.39. The third-order valence-corrected chi connectivity index (χ3v) is 3.07. The molecule has 1 atom stereocenters. The van der Waals surface area contributed by atoms with Crippen molar-refractivity contribution in [1.29, 1.82) is 0 Å². The predicted molar refractivity (Wildman–Crippen MR) is 63.2 cm³/mol. The summed E-state index contributed by atoms with van der Waals surface area (Å²) in [5.41, 5.74) is 2.45. The number of aryl methyl sites for hydroxylation is 1. The Hall–Kier alpha value is -1.02. The molecule has 0 radical (unpaired) electrons. The monoisotopic (exact) mass is 205 g/mol. The van der Waals surface area contributed by atoms with Crippen molar-refractivity contribution in [3.8, 4) is 0 Å². The van der Waals surface area contributed by atoms with E-state index in [0.29, 0.717) is 5.92 Å². The van der Waals surface area contributed by atoms with Crippen LogP contribution in [0.5, 0.6) is 0 Å². The Morgan fingerprint density at radius 1 is 1.47 bits per heavy atom. The zero-order chi connectivity index (χ0) is 10.8. The van der Waals surface area contributed by atoms with Gasteiger partial charge in [0.25, 0.3) is 0 Å². The van der Waals surface area contributed by atoms with Gasteiger partial charge in [-0.15, -0.1) is 0 Å². The molecule has 1 fully saturated rings. The Morgan fingerprint density at radius 3 is 2.80 bits per heavy atom. The molecule has 1 aromatic carbocycles. The fourth-order valence-corrected chi connectivity index (χ4v) is 1.88. The third-order valence-electron chi connectivity index (χ3n) is 3.07. The van der Waals surface area contributed by atoms with Gasteiger partial charge in [-0.2, -0.15) is 0 Å². The normalized spacial score (nSPS) is 17.5. The lowest BCUT2D eigenvalue weighted by atomic mass is 10.2. The molecule has 0 amide bonds. The summed E-state index contributed by atoms with van der Waals surface area (Å²) in [7, 11) is 2.04. The van der Waals surface area contributed by atoms with Gasteiger partial charge in [-0.05, 0) is 43.4 Å². The summed E-state index contributed by atoms with van der Waals surface area (Å²) in [4.78, 5) is 2.13. The van der Waals surface area contributed by atoms with Crippen molar-refractivity contribution in [2.45, 2.75) is 25.9 Å². The van der Waals surface area contributed by atoms with Crippen molar-refractivity contribution in [1.82, 2.24) is 0 Å². The van der Waals surface area contributed by atoms with Gasteiger partial charge in [0.15, 0.2) is 0 Å². The van der Waals surface area contributed by atoms with Crippen molar-refractivity contribution in [3.05, 3.63) is 29.8 Å². The van der Waals surface area contributed by atoms with E-state index in [1.807, 2.05) is 7.05 Å². The SMILES string of the molecule is Cc1cccc(N(C)CC(O)C2CC2)c1. The molecule has 1 aromatic rings. The van der Waals surface area contributed by atoms with Crippen molar-refractivity contribution < 1.29 is 5.11 Å². The fourth-order valence-electron chi connectivity index (χ4n) is 1.88. The van der Waals surface area contributed by atoms with Crippen LogP contribution < -0.4 is 4.90 Å². The Labute approximate surface area is 91.5 Å². The quantitative estimate of drug-likeness (QED) is 0.814. The van der Waals surface area contributed by atoms with E-state index in [-0.39, 0.29) is 6.10 Å². The fraction of sp³-hybridized carbons (Fsp3) is 0.538. The van der Waals surface area contributed by atoms with E-state index in [2.05, 4.69) is 36.1 Å². The zero-order valence-corrected chi connectivity index (χ0v) is 9.48. The van der Waals surface area contributed by atoms with Gasteiger partial charge in [0.05, 0.1) is 6.10 Å². The van der Waals surface area contributed by atoms with Crippen LogP contribution in [0.3, 0.4) is 0 Å². The number of benzene rings is 1. The van der Waals surface area contributed by atoms with Crippen molar-refractivity contribution in [3.63, 3.8) is 0 Å². The van der Waals surface area contributed by atoms with E-state index in [1.54, 1.807) is 0 Å². The number of rotatable bonds is 4. The minimum atomic E-state index is -0.157. The highest BCUT2D eigenvalue weighted by Crippen LogP contribution is 2.33. The number of hydrogen-bond acceptors (Lipinski definition) is 2. The highest BCUT2D eigenvalue weighted by Gasteiger charge is 2.30. The van der Waals surface area contributed by atoms with Crippen molar-refractivity contribution >= 4 is 5.69 Å². The van der Waals surface area contributed by atoms with E-state index in [0.717, 1.165) is 6.54 Å². The first kappa shape index (κ1) is 10.5. The molecule has 15 heavy (non-hydrogen) atoms. The molecule has 0 aromatic heterocycles. The summed E-state index contributed by atoms with van der Waals surface area (Å²) < 4.78 is 0. The Balaban J connectivity index is 1.97. The van der Waals surface area contributed by atoms with E-state index >= 15 is 0 Å². The van der Waals surface area contributed by atoms with Crippen LogP contribution in [0.1, 0.15) is 18.4 Å². The molecule has 0 spiro atoms. The summed E-state index contributed by atoms with van der Waals surface area (Å²) in [5, 5.41) is 9.85. The van der Waals surface area contributed by atoms with Gasteiger partial charge >= 0.3 is 0 Å². The highest BCUT2D eigenvalue weighted by atomic mass is 16.3. The smallest absolute Gasteiger partial charge is 0.0743 e. The lowest BCUT2D eigenvalue weighted by Gasteiger charge is -2.22. The van der Waals surface area contributed by atoms with Gasteiger partial charge in [0.2, 0.25) is 0 Å². The number of nitrogens with zero attached hydrogens (tertiary/aromatic N) is 1. The molecule has 1 unspecified atom stereocenters. The minimum absolute atomic E-state index is 0.157. The maximum Gasteiger partial charge on any atom is 0.0743 e. The minimum Gasteiger partial charge on any atom is -0.391 e. The number of aliphatic hydroxyl groups excluding tert-OH is 1. The number of aliphatic hydroxyl groups is 1. The van der Waals surface area contributed by atoms with Gasteiger partial charge in [-0.1, -0.05) is 12.1 Å². The van der Waals surface area contributed by atoms with E-state index in [4.69, 9.17) is 0 Å². The average Bonchev–Trinajstić information content (AvgIpc) is 3.00. The third kappa shape index (κ3) is 2.72. The average molecular weight is 205 g/mol. The number of hydrogen-bond donors (Lipinski definition) is 1. The second-order valence-corrected chi connectivity index (χ2v) is 4.62. The van der Waals surface area contributed by atoms with Crippen LogP contribution in [-0.4, -0.2) is 24.8 Å². The molecule has 0 saturated heterocycles. The standard InChI is InChI=1S/C13H19NO/c1-10-4-3-5-12(8-10)14(2)9-13(15)11-6-7-11/h3-5,8,11,13,15H,6-7,9H2,1-2H3. The second kappa shape index (κ2) is 4.23. The first-order chi connectivity index (χ1) is 7.16. The molecule has 1 aliphatic rings. The summed E-state index contributed by atoms with van der Waals surface area (Å²) >= 11 is 0. The second-order valence-electron chi connectivity index (χ2n) is 4.62. The Morgan fingerprint density at radius 2 is 2.20 bits per heavy atom. The van der Waals surface area contributed by atoms with Crippen LogP contribution in [0.4, 0.5) is 5.69 Å². The van der Waals surface area contributed by atoms with Crippen LogP contribution in [0.25, 0.3) is 0 Å². The lowest BCUT2D eigenvalue weighted by Crippen LogP contribution is -2.30. The molecule has 0 heterocycles. The summed E-state index contributed by atoms with van der Waals surface area (Å²) in [5.74, 6) is 0.553. The predicted octanol–water partition coefficient (Wildman–Crippen LogP) is 2.20. The summed E-state index contributed by atoms with van der Waals surface area (Å²) in [6.07, 6.45) is 2.24. The van der Waals surface area contributed by atoms with E-state index in [9.17, 15) is 5.11 Å². The van der Waals surface area contributed by atoms with Gasteiger partial charge < -0.3 is 10.0 Å². The molecule has 0 aliphatic heterocycles. The largest absolute Gasteiger partial charge is 0.391 e. The molecule has 2 heteroatoms. The van der Waals surface area contributed by atoms with Gasteiger partial charge in [-0.25, -0.2) is 0 Å². The first-order valence-corrected chi connectivity index (χ1v) is 5.62. The van der Waals surface area contributed by atoms with Crippen LogP contribution in [0, 0.1) is 12.8 Å². The molecule has 2 nitrogen and oxygen atoms in total. The van der Waals surface area contributed by atoms with Gasteiger partial charge in [-0.3, -0.25) is 0 Å². The molecule has 1 aliphatic carbocycles. The first-order valence-electron chi connectivity index (χ1n) is 5.62.